The van der Waals surface area contributed by atoms with E-state index in [2.05, 4.69) is 4.98 Å². The molecule has 0 saturated heterocycles. The van der Waals surface area contributed by atoms with Crippen LogP contribution in [0.15, 0.2) is 59.5 Å². The van der Waals surface area contributed by atoms with Crippen molar-refractivity contribution in [2.75, 3.05) is 13.4 Å². The van der Waals surface area contributed by atoms with Crippen LogP contribution in [0.5, 0.6) is 5.88 Å². The second-order valence-electron chi connectivity index (χ2n) is 5.97. The summed E-state index contributed by atoms with van der Waals surface area (Å²) in [6, 6.07) is 13.6. The zero-order valence-electron chi connectivity index (χ0n) is 14.7. The van der Waals surface area contributed by atoms with Gasteiger partial charge in [-0.05, 0) is 41.0 Å². The summed E-state index contributed by atoms with van der Waals surface area (Å²) in [7, 11) is -1.90. The van der Waals surface area contributed by atoms with Crippen molar-refractivity contribution in [3.05, 3.63) is 66.1 Å². The molecule has 1 heterocycles. The Morgan fingerprint density at radius 1 is 1.00 bits per heavy atom. The number of halogens is 2. The maximum Gasteiger partial charge on any atom is 0.213 e. The van der Waals surface area contributed by atoms with Crippen LogP contribution in [-0.2, 0) is 16.5 Å². The van der Waals surface area contributed by atoms with E-state index in [4.69, 9.17) is 4.74 Å². The summed E-state index contributed by atoms with van der Waals surface area (Å²) < 4.78 is 55.6. The van der Waals surface area contributed by atoms with Crippen LogP contribution < -0.4 is 4.74 Å². The fraction of sp³-hybridized carbons (Fsp3) is 0.150. The summed E-state index contributed by atoms with van der Waals surface area (Å²) >= 11 is 0. The Hall–Kier alpha value is -2.80. The molecular weight excluding hydrogens is 372 g/mol. The molecule has 3 aromatic rings. The summed E-state index contributed by atoms with van der Waals surface area (Å²) in [5.41, 5.74) is 2.54. The lowest BCUT2D eigenvalue weighted by atomic mass is 9.93. The van der Waals surface area contributed by atoms with Gasteiger partial charge in [-0.25, -0.2) is 22.2 Å². The number of rotatable bonds is 5. The molecule has 0 unspecified atom stereocenters. The van der Waals surface area contributed by atoms with Crippen molar-refractivity contribution in [3.8, 4) is 28.1 Å². The second kappa shape index (κ2) is 7.44. The molecule has 4 nitrogen and oxygen atoms in total. The minimum Gasteiger partial charge on any atom is -0.481 e. The van der Waals surface area contributed by atoms with Crippen molar-refractivity contribution in [2.45, 2.75) is 11.6 Å². The molecule has 2 aromatic carbocycles. The lowest BCUT2D eigenvalue weighted by Crippen LogP contribution is -2.00. The van der Waals surface area contributed by atoms with Crippen LogP contribution in [0.1, 0.15) is 5.69 Å². The zero-order chi connectivity index (χ0) is 19.6. The highest BCUT2D eigenvalue weighted by Gasteiger charge is 2.17. The van der Waals surface area contributed by atoms with E-state index < -0.39 is 22.3 Å². The third-order valence-electron chi connectivity index (χ3n) is 4.13. The molecule has 0 fully saturated rings. The molecule has 0 atom stereocenters. The Kier molecular flexibility index (Phi) is 5.23. The third-order valence-corrected chi connectivity index (χ3v) is 5.26. The molecule has 7 heteroatoms. The molecule has 140 valence electrons. The largest absolute Gasteiger partial charge is 0.481 e. The molecule has 0 saturated carbocycles. The molecular formula is C20H17F2NO3S. The maximum atomic E-state index is 13.7. The molecule has 0 aliphatic heterocycles. The minimum absolute atomic E-state index is 0.156. The van der Waals surface area contributed by atoms with E-state index in [1.54, 1.807) is 30.3 Å². The Bertz CT molecular complexity index is 1060. The van der Waals surface area contributed by atoms with Gasteiger partial charge in [-0.3, -0.25) is 0 Å². The fourth-order valence-electron chi connectivity index (χ4n) is 2.82. The van der Waals surface area contributed by atoms with Crippen molar-refractivity contribution < 1.29 is 21.9 Å². The van der Waals surface area contributed by atoms with Crippen LogP contribution in [-0.4, -0.2) is 26.8 Å². The van der Waals surface area contributed by atoms with Gasteiger partial charge < -0.3 is 4.74 Å². The van der Waals surface area contributed by atoms with Crippen molar-refractivity contribution in [1.82, 2.24) is 4.98 Å². The van der Waals surface area contributed by atoms with Crippen molar-refractivity contribution >= 4 is 9.84 Å². The first-order valence-corrected chi connectivity index (χ1v) is 9.93. The van der Waals surface area contributed by atoms with Gasteiger partial charge >= 0.3 is 0 Å². The van der Waals surface area contributed by atoms with Gasteiger partial charge in [0.25, 0.3) is 0 Å². The fourth-order valence-corrected chi connectivity index (χ4v) is 3.45. The average molecular weight is 389 g/mol. The van der Waals surface area contributed by atoms with Crippen molar-refractivity contribution in [1.29, 1.82) is 0 Å². The highest BCUT2D eigenvalue weighted by Crippen LogP contribution is 2.37. The number of aromatic nitrogens is 1. The summed E-state index contributed by atoms with van der Waals surface area (Å²) in [4.78, 5) is 4.35. The van der Waals surface area contributed by atoms with E-state index in [1.165, 1.54) is 31.4 Å². The van der Waals surface area contributed by atoms with Gasteiger partial charge in [0.2, 0.25) is 5.88 Å². The maximum absolute atomic E-state index is 13.7. The monoisotopic (exact) mass is 389 g/mol. The highest BCUT2D eigenvalue weighted by atomic mass is 32.2. The normalized spacial score (nSPS) is 11.4. The van der Waals surface area contributed by atoms with E-state index in [1.807, 2.05) is 0 Å². The number of pyridine rings is 1. The molecule has 27 heavy (non-hydrogen) atoms. The van der Waals surface area contributed by atoms with Crippen molar-refractivity contribution in [2.24, 2.45) is 0 Å². The first-order chi connectivity index (χ1) is 12.8. The minimum atomic E-state index is -3.33. The lowest BCUT2D eigenvalue weighted by Gasteiger charge is -2.15. The highest BCUT2D eigenvalue weighted by molar-refractivity contribution is 7.90. The summed E-state index contributed by atoms with van der Waals surface area (Å²) in [6.45, 7) is -0.835. The summed E-state index contributed by atoms with van der Waals surface area (Å²) in [5.74, 6) is -0.170. The van der Waals surface area contributed by atoms with E-state index in [9.17, 15) is 17.2 Å². The molecule has 0 N–H and O–H groups in total. The Balaban J connectivity index is 2.25. The molecule has 0 radical (unpaired) electrons. The smallest absolute Gasteiger partial charge is 0.213 e. The summed E-state index contributed by atoms with van der Waals surface area (Å²) in [6.07, 6.45) is 1.13. The molecule has 0 amide bonds. The number of hydrogen-bond donors (Lipinski definition) is 0. The molecule has 0 bridgehead atoms. The van der Waals surface area contributed by atoms with Crippen LogP contribution in [0, 0.1) is 5.82 Å². The first kappa shape index (κ1) is 19.0. The number of sulfone groups is 1. The van der Waals surface area contributed by atoms with Gasteiger partial charge in [0.15, 0.2) is 9.84 Å². The van der Waals surface area contributed by atoms with E-state index in [0.29, 0.717) is 22.3 Å². The van der Waals surface area contributed by atoms with Crippen LogP contribution in [0.3, 0.4) is 0 Å². The van der Waals surface area contributed by atoms with Gasteiger partial charge in [0.05, 0.1) is 17.7 Å². The predicted octanol–water partition coefficient (Wildman–Crippen LogP) is 4.44. The van der Waals surface area contributed by atoms with Gasteiger partial charge in [0.1, 0.15) is 12.5 Å². The quantitative estimate of drug-likeness (QED) is 0.648. The van der Waals surface area contributed by atoms with Crippen LogP contribution in [0.2, 0.25) is 0 Å². The number of nitrogens with zero attached hydrogens (tertiary/aromatic N) is 1. The summed E-state index contributed by atoms with van der Waals surface area (Å²) in [5, 5.41) is 0. The van der Waals surface area contributed by atoms with Crippen LogP contribution in [0.25, 0.3) is 22.3 Å². The average Bonchev–Trinajstić information content (AvgIpc) is 2.67. The number of ether oxygens (including phenoxy) is 1. The molecule has 3 rings (SSSR count). The van der Waals surface area contributed by atoms with Gasteiger partial charge in [0, 0.05) is 17.9 Å². The molecule has 0 aliphatic rings. The third kappa shape index (κ3) is 3.98. The van der Waals surface area contributed by atoms with E-state index >= 15 is 0 Å². The first-order valence-electron chi connectivity index (χ1n) is 8.04. The Labute approximate surface area is 156 Å². The number of hydrogen-bond acceptors (Lipinski definition) is 4. The van der Waals surface area contributed by atoms with Gasteiger partial charge in [-0.15, -0.1) is 0 Å². The second-order valence-corrected chi connectivity index (χ2v) is 7.99. The molecule has 0 spiro atoms. The van der Waals surface area contributed by atoms with Gasteiger partial charge in [-0.1, -0.05) is 24.3 Å². The van der Waals surface area contributed by atoms with Crippen LogP contribution >= 0.6 is 0 Å². The Morgan fingerprint density at radius 2 is 1.59 bits per heavy atom. The van der Waals surface area contributed by atoms with E-state index in [0.717, 1.165) is 6.26 Å². The molecule has 0 aliphatic carbocycles. The lowest BCUT2D eigenvalue weighted by molar-refractivity contribution is 0.391. The number of benzene rings is 2. The number of methoxy groups -OCH3 is 1. The number of alkyl halides is 1. The topological polar surface area (TPSA) is 56.3 Å². The van der Waals surface area contributed by atoms with Gasteiger partial charge in [-0.2, -0.15) is 0 Å². The zero-order valence-corrected chi connectivity index (χ0v) is 15.6. The van der Waals surface area contributed by atoms with E-state index in [-0.39, 0.29) is 16.5 Å². The molecule has 1 aromatic heterocycles. The van der Waals surface area contributed by atoms with Crippen molar-refractivity contribution in [3.63, 3.8) is 0 Å². The SMILES string of the molecule is COc1cc(-c2ccc(S(C)(=O)=O)cc2)c(-c2ccc(F)cc2)c(CF)n1. The Morgan fingerprint density at radius 3 is 2.11 bits per heavy atom. The predicted molar refractivity (Wildman–Crippen MR) is 99.5 cm³/mol. The van der Waals surface area contributed by atoms with Crippen LogP contribution in [0.4, 0.5) is 8.78 Å². The standard InChI is InChI=1S/C20H17F2NO3S/c1-26-19-11-17(13-5-9-16(10-6-13)27(2,24)25)20(18(12-21)23-19)14-3-7-15(22)8-4-14/h3-11H,12H2,1-2H3.